The van der Waals surface area contributed by atoms with Crippen LogP contribution in [0.15, 0.2) is 11.4 Å². The number of hydrogen-bond acceptors (Lipinski definition) is 4. The second-order valence-corrected chi connectivity index (χ2v) is 5.28. The zero-order valence-corrected chi connectivity index (χ0v) is 11.6. The highest BCUT2D eigenvalue weighted by Crippen LogP contribution is 2.16. The van der Waals surface area contributed by atoms with Crippen LogP contribution in [-0.2, 0) is 4.74 Å². The van der Waals surface area contributed by atoms with E-state index < -0.39 is 0 Å². The maximum absolute atomic E-state index is 12.1. The monoisotopic (exact) mass is 278 g/mol. The number of rotatable bonds is 3. The van der Waals surface area contributed by atoms with Crippen molar-refractivity contribution in [3.8, 4) is 11.8 Å². The molecule has 1 atom stereocenters. The summed E-state index contributed by atoms with van der Waals surface area (Å²) in [6.45, 7) is 1.67. The van der Waals surface area contributed by atoms with Crippen LogP contribution in [0.1, 0.15) is 34.5 Å². The Bertz CT molecular complexity index is 481. The molecule has 0 aromatic carbocycles. The van der Waals surface area contributed by atoms with Crippen LogP contribution in [0, 0.1) is 11.8 Å². The lowest BCUT2D eigenvalue weighted by Gasteiger charge is -2.22. The standard InChI is InChI=1S/C14H18N2O2S/c15-7-3-4-11-6-9-19-13(11)14(17)16-10-12-5-1-2-8-18-12/h6,9,12H,1-2,5,7-8,10,15H2,(H,16,17). The molecule has 2 rings (SSSR count). The minimum atomic E-state index is -0.0782. The first-order chi connectivity index (χ1) is 9.31. The van der Waals surface area contributed by atoms with E-state index in [1.54, 1.807) is 0 Å². The molecule has 4 nitrogen and oxygen atoms in total. The van der Waals surface area contributed by atoms with Crippen LogP contribution in [0.5, 0.6) is 0 Å². The summed E-state index contributed by atoms with van der Waals surface area (Å²) in [5.41, 5.74) is 6.09. The van der Waals surface area contributed by atoms with Crippen molar-refractivity contribution in [1.29, 1.82) is 0 Å². The lowest BCUT2D eigenvalue weighted by Crippen LogP contribution is -2.35. The molecule has 102 valence electrons. The molecule has 0 spiro atoms. The Balaban J connectivity index is 1.90. The average molecular weight is 278 g/mol. The smallest absolute Gasteiger partial charge is 0.262 e. The molecule has 1 aromatic heterocycles. The summed E-state index contributed by atoms with van der Waals surface area (Å²) in [5.74, 6) is 5.61. The third kappa shape index (κ3) is 4.06. The van der Waals surface area contributed by atoms with Crippen molar-refractivity contribution >= 4 is 17.2 Å². The predicted octanol–water partition coefficient (Wildman–Crippen LogP) is 1.36. The summed E-state index contributed by atoms with van der Waals surface area (Å²) >= 11 is 1.40. The van der Waals surface area contributed by atoms with E-state index in [2.05, 4.69) is 17.2 Å². The van der Waals surface area contributed by atoms with Crippen LogP contribution in [0.3, 0.4) is 0 Å². The number of carbonyl (C=O) groups excluding carboxylic acids is 1. The van der Waals surface area contributed by atoms with Crippen molar-refractivity contribution in [2.45, 2.75) is 25.4 Å². The molecule has 5 heteroatoms. The molecule has 19 heavy (non-hydrogen) atoms. The fraction of sp³-hybridized carbons (Fsp3) is 0.500. The Morgan fingerprint density at radius 3 is 3.21 bits per heavy atom. The zero-order valence-electron chi connectivity index (χ0n) is 10.8. The lowest BCUT2D eigenvalue weighted by atomic mass is 10.1. The molecule has 2 heterocycles. The average Bonchev–Trinajstić information content (AvgIpc) is 2.92. The highest BCUT2D eigenvalue weighted by Gasteiger charge is 2.17. The quantitative estimate of drug-likeness (QED) is 0.821. The molecule has 1 aromatic rings. The predicted molar refractivity (Wildman–Crippen MR) is 76.2 cm³/mol. The van der Waals surface area contributed by atoms with Gasteiger partial charge in [0.05, 0.1) is 12.6 Å². The van der Waals surface area contributed by atoms with Crippen LogP contribution >= 0.6 is 11.3 Å². The Morgan fingerprint density at radius 1 is 1.58 bits per heavy atom. The van der Waals surface area contributed by atoms with Crippen molar-refractivity contribution in [1.82, 2.24) is 5.32 Å². The van der Waals surface area contributed by atoms with E-state index in [-0.39, 0.29) is 12.0 Å². The van der Waals surface area contributed by atoms with Crippen molar-refractivity contribution in [2.75, 3.05) is 19.7 Å². The normalized spacial score (nSPS) is 18.5. The van der Waals surface area contributed by atoms with Gasteiger partial charge in [-0.05, 0) is 30.7 Å². The molecule has 0 saturated carbocycles. The van der Waals surface area contributed by atoms with Crippen LogP contribution in [0.4, 0.5) is 0 Å². The van der Waals surface area contributed by atoms with Gasteiger partial charge in [-0.15, -0.1) is 11.3 Å². The summed E-state index contributed by atoms with van der Waals surface area (Å²) in [4.78, 5) is 12.7. The first-order valence-corrected chi connectivity index (χ1v) is 7.35. The number of ether oxygens (including phenoxy) is 1. The SMILES string of the molecule is NCC#Cc1ccsc1C(=O)NCC1CCCCO1. The van der Waals surface area contributed by atoms with E-state index in [1.165, 1.54) is 17.8 Å². The number of thiophene rings is 1. The second kappa shape index (κ2) is 7.29. The molecule has 1 fully saturated rings. The van der Waals surface area contributed by atoms with Gasteiger partial charge in [0.15, 0.2) is 0 Å². The van der Waals surface area contributed by atoms with E-state index in [9.17, 15) is 4.79 Å². The first-order valence-electron chi connectivity index (χ1n) is 6.47. The Labute approximate surface area is 117 Å². The van der Waals surface area contributed by atoms with Gasteiger partial charge in [-0.25, -0.2) is 0 Å². The summed E-state index contributed by atoms with van der Waals surface area (Å²) in [7, 11) is 0. The van der Waals surface area contributed by atoms with Gasteiger partial charge in [0, 0.05) is 18.7 Å². The molecule has 0 aliphatic carbocycles. The number of amides is 1. The number of hydrogen-bond donors (Lipinski definition) is 2. The van der Waals surface area contributed by atoms with E-state index in [4.69, 9.17) is 10.5 Å². The highest BCUT2D eigenvalue weighted by molar-refractivity contribution is 7.12. The van der Waals surface area contributed by atoms with Gasteiger partial charge in [-0.1, -0.05) is 11.8 Å². The maximum Gasteiger partial charge on any atom is 0.262 e. The van der Waals surface area contributed by atoms with Crippen LogP contribution in [-0.4, -0.2) is 31.7 Å². The molecular formula is C14H18N2O2S. The molecular weight excluding hydrogens is 260 g/mol. The number of nitrogens with two attached hydrogens (primary N) is 1. The van der Waals surface area contributed by atoms with E-state index >= 15 is 0 Å². The summed E-state index contributed by atoms with van der Waals surface area (Å²) in [6.07, 6.45) is 3.46. The number of carbonyl (C=O) groups is 1. The van der Waals surface area contributed by atoms with Gasteiger partial charge in [-0.3, -0.25) is 4.79 Å². The Kier molecular flexibility index (Phi) is 5.40. The van der Waals surface area contributed by atoms with Gasteiger partial charge in [0.25, 0.3) is 5.91 Å². The van der Waals surface area contributed by atoms with Gasteiger partial charge < -0.3 is 15.8 Å². The van der Waals surface area contributed by atoms with Gasteiger partial charge in [0.2, 0.25) is 0 Å². The molecule has 0 bridgehead atoms. The fourth-order valence-corrected chi connectivity index (χ4v) is 2.75. The van der Waals surface area contributed by atoms with Crippen LogP contribution in [0.25, 0.3) is 0 Å². The topological polar surface area (TPSA) is 64.4 Å². The molecule has 1 unspecified atom stereocenters. The molecule has 1 aliphatic rings. The minimum absolute atomic E-state index is 0.0782. The van der Waals surface area contributed by atoms with Crippen molar-refractivity contribution in [2.24, 2.45) is 5.73 Å². The van der Waals surface area contributed by atoms with Crippen molar-refractivity contribution in [3.63, 3.8) is 0 Å². The maximum atomic E-state index is 12.1. The molecule has 1 aliphatic heterocycles. The first kappa shape index (κ1) is 14.1. The van der Waals surface area contributed by atoms with Crippen molar-refractivity contribution < 1.29 is 9.53 Å². The largest absolute Gasteiger partial charge is 0.376 e. The molecule has 1 saturated heterocycles. The minimum Gasteiger partial charge on any atom is -0.376 e. The summed E-state index contributed by atoms with van der Waals surface area (Å²) < 4.78 is 5.59. The van der Waals surface area contributed by atoms with Gasteiger partial charge in [-0.2, -0.15) is 0 Å². The highest BCUT2D eigenvalue weighted by atomic mass is 32.1. The fourth-order valence-electron chi connectivity index (χ4n) is 1.98. The molecule has 1 amide bonds. The summed E-state index contributed by atoms with van der Waals surface area (Å²) in [6, 6.07) is 1.85. The van der Waals surface area contributed by atoms with Gasteiger partial charge >= 0.3 is 0 Å². The zero-order chi connectivity index (χ0) is 13.5. The van der Waals surface area contributed by atoms with E-state index in [1.807, 2.05) is 11.4 Å². The third-order valence-electron chi connectivity index (χ3n) is 2.96. The summed E-state index contributed by atoms with van der Waals surface area (Å²) in [5, 5.41) is 4.79. The Morgan fingerprint density at radius 2 is 2.47 bits per heavy atom. The van der Waals surface area contributed by atoms with Gasteiger partial charge in [0.1, 0.15) is 4.88 Å². The third-order valence-corrected chi connectivity index (χ3v) is 3.87. The molecule has 3 N–H and O–H groups in total. The van der Waals surface area contributed by atoms with Crippen LogP contribution in [0.2, 0.25) is 0 Å². The second-order valence-electron chi connectivity index (χ2n) is 4.37. The number of nitrogens with one attached hydrogen (secondary N) is 1. The van der Waals surface area contributed by atoms with Crippen molar-refractivity contribution in [3.05, 3.63) is 21.9 Å². The van der Waals surface area contributed by atoms with E-state index in [0.717, 1.165) is 25.0 Å². The van der Waals surface area contributed by atoms with Crippen LogP contribution < -0.4 is 11.1 Å². The Hall–Kier alpha value is -1.35. The lowest BCUT2D eigenvalue weighted by molar-refractivity contribution is 0.0169. The molecule has 0 radical (unpaired) electrons. The van der Waals surface area contributed by atoms with E-state index in [0.29, 0.717) is 18.0 Å².